The summed E-state index contributed by atoms with van der Waals surface area (Å²) in [6, 6.07) is 0. The van der Waals surface area contributed by atoms with Gasteiger partial charge in [0, 0.05) is 24.1 Å². The van der Waals surface area contributed by atoms with Crippen molar-refractivity contribution in [3.63, 3.8) is 0 Å². The van der Waals surface area contributed by atoms with Crippen molar-refractivity contribution < 1.29 is 4.79 Å². The van der Waals surface area contributed by atoms with Gasteiger partial charge in [-0.2, -0.15) is 0 Å². The average molecular weight is 263 g/mol. The highest BCUT2D eigenvalue weighted by molar-refractivity contribution is 7.09. The molecule has 1 aliphatic rings. The Kier molecular flexibility index (Phi) is 5.60. The molecule has 2 rings (SSSR count). The number of hydrogen-bond donors (Lipinski definition) is 0. The molecule has 1 aromatic rings. The van der Waals surface area contributed by atoms with Crippen molar-refractivity contribution >= 4 is 23.3 Å². The van der Waals surface area contributed by atoms with Gasteiger partial charge in [-0.3, -0.25) is 9.59 Å². The minimum Gasteiger partial charge on any atom is -0.274 e. The Morgan fingerprint density at radius 1 is 1.44 bits per heavy atom. The molecule has 0 fully saturated rings. The molecule has 0 N–H and O–H groups in total. The van der Waals surface area contributed by atoms with Gasteiger partial charge in [0.05, 0.1) is 5.69 Å². The molecule has 0 saturated carbocycles. The predicted octanol–water partition coefficient (Wildman–Crippen LogP) is 2.95. The first-order valence-corrected chi connectivity index (χ1v) is 6.96. The summed E-state index contributed by atoms with van der Waals surface area (Å²) in [7, 11) is 0. The number of carbonyl (C=O) groups excluding carboxylic acids is 1. The van der Waals surface area contributed by atoms with E-state index in [9.17, 15) is 9.59 Å². The molecule has 0 unspecified atom stereocenters. The average Bonchev–Trinajstić information content (AvgIpc) is 2.67. The molecule has 0 aliphatic heterocycles. The number of carbonyl (C=O) groups is 1. The van der Waals surface area contributed by atoms with E-state index in [4.69, 9.17) is 0 Å². The first-order chi connectivity index (χ1) is 8.74. The van der Waals surface area contributed by atoms with Crippen molar-refractivity contribution in [2.75, 3.05) is 0 Å². The van der Waals surface area contributed by atoms with E-state index in [0.29, 0.717) is 19.3 Å². The van der Waals surface area contributed by atoms with Crippen molar-refractivity contribution in [1.82, 2.24) is 4.57 Å². The molecule has 0 saturated heterocycles. The zero-order chi connectivity index (χ0) is 13.5. The van der Waals surface area contributed by atoms with E-state index in [1.807, 2.05) is 26.0 Å². The van der Waals surface area contributed by atoms with E-state index in [0.717, 1.165) is 21.9 Å². The highest BCUT2D eigenvalue weighted by Crippen LogP contribution is 2.17. The summed E-state index contributed by atoms with van der Waals surface area (Å²) in [6.07, 6.45) is 5.28. The van der Waals surface area contributed by atoms with Crippen LogP contribution in [-0.2, 0) is 6.42 Å². The second-order valence-corrected chi connectivity index (χ2v) is 4.44. The monoisotopic (exact) mass is 263 g/mol. The lowest BCUT2D eigenvalue weighted by molar-refractivity contribution is 0.0905. The Morgan fingerprint density at radius 3 is 2.83 bits per heavy atom. The van der Waals surface area contributed by atoms with Gasteiger partial charge in [0.1, 0.15) is 0 Å². The Hall–Kier alpha value is -1.60. The van der Waals surface area contributed by atoms with E-state index >= 15 is 0 Å². The van der Waals surface area contributed by atoms with E-state index in [-0.39, 0.29) is 10.8 Å². The minimum absolute atomic E-state index is 0.152. The van der Waals surface area contributed by atoms with Gasteiger partial charge in [-0.05, 0) is 6.08 Å². The summed E-state index contributed by atoms with van der Waals surface area (Å²) in [6.45, 7) is 5.76. The summed E-state index contributed by atoms with van der Waals surface area (Å²) in [5, 5.41) is 0. The van der Waals surface area contributed by atoms with Crippen LogP contribution < -0.4 is 4.87 Å². The highest BCUT2D eigenvalue weighted by Gasteiger charge is 2.16. The van der Waals surface area contributed by atoms with Crippen LogP contribution >= 0.6 is 11.3 Å². The Labute approximate surface area is 111 Å². The zero-order valence-corrected chi connectivity index (χ0v) is 11.8. The molecule has 0 spiro atoms. The third-order valence-electron chi connectivity index (χ3n) is 2.34. The number of thiazole rings is 1. The molecule has 1 heterocycles. The molecule has 0 atom stereocenters. The summed E-state index contributed by atoms with van der Waals surface area (Å²) in [5.74, 6) is 5.81. The van der Waals surface area contributed by atoms with Crippen LogP contribution in [0.3, 0.4) is 0 Å². The van der Waals surface area contributed by atoms with Crippen molar-refractivity contribution in [2.45, 2.75) is 40.0 Å². The van der Waals surface area contributed by atoms with E-state index in [1.54, 1.807) is 6.92 Å². The second kappa shape index (κ2) is 6.97. The molecule has 0 bridgehead atoms. The van der Waals surface area contributed by atoms with Gasteiger partial charge in [-0.15, -0.1) is 0 Å². The standard InChI is InChI=1S/C12H11NO2S.C2H6/c1-2-11(14)13-9-7-5-3-4-6-8-10(9)16-12(13)15;1-2/h5,7H,2-3,8H2,1H3;1-2H3/b7-5-;. The third kappa shape index (κ3) is 2.99. The lowest BCUT2D eigenvalue weighted by Gasteiger charge is -2.02. The summed E-state index contributed by atoms with van der Waals surface area (Å²) < 4.78 is 1.27. The lowest BCUT2D eigenvalue weighted by Crippen LogP contribution is -2.22. The summed E-state index contributed by atoms with van der Waals surface area (Å²) in [4.78, 5) is 24.1. The van der Waals surface area contributed by atoms with Crippen molar-refractivity contribution in [2.24, 2.45) is 0 Å². The van der Waals surface area contributed by atoms with Gasteiger partial charge in [-0.25, -0.2) is 4.57 Å². The molecule has 96 valence electrons. The molecule has 0 radical (unpaired) electrons. The van der Waals surface area contributed by atoms with Crippen molar-refractivity contribution in [3.05, 3.63) is 26.3 Å². The van der Waals surface area contributed by atoms with E-state index < -0.39 is 0 Å². The molecule has 18 heavy (non-hydrogen) atoms. The normalized spacial score (nSPS) is 13.9. The van der Waals surface area contributed by atoms with Gasteiger partial charge >= 0.3 is 4.87 Å². The Balaban J connectivity index is 0.000000771. The maximum atomic E-state index is 11.7. The van der Waals surface area contributed by atoms with Crippen LogP contribution in [-0.4, -0.2) is 10.5 Å². The van der Waals surface area contributed by atoms with Crippen LogP contribution in [0.25, 0.3) is 6.08 Å². The fourth-order valence-electron chi connectivity index (χ4n) is 1.56. The number of hydrogen-bond acceptors (Lipinski definition) is 3. The number of aromatic nitrogens is 1. The molecule has 0 amide bonds. The van der Waals surface area contributed by atoms with Gasteiger partial charge in [0.25, 0.3) is 0 Å². The molecular formula is C14H17NO2S. The van der Waals surface area contributed by atoms with Crippen LogP contribution in [0, 0.1) is 11.8 Å². The number of nitrogens with zero attached hydrogens (tertiary/aromatic N) is 1. The Morgan fingerprint density at radius 2 is 2.17 bits per heavy atom. The topological polar surface area (TPSA) is 39.1 Å². The third-order valence-corrected chi connectivity index (χ3v) is 3.30. The number of rotatable bonds is 1. The molecule has 1 aromatic heterocycles. The lowest BCUT2D eigenvalue weighted by atomic mass is 10.2. The van der Waals surface area contributed by atoms with Gasteiger partial charge in [0.2, 0.25) is 5.91 Å². The molecular weight excluding hydrogens is 246 g/mol. The van der Waals surface area contributed by atoms with E-state index in [2.05, 4.69) is 11.8 Å². The predicted molar refractivity (Wildman–Crippen MR) is 76.0 cm³/mol. The van der Waals surface area contributed by atoms with Gasteiger partial charge in [0.15, 0.2) is 0 Å². The van der Waals surface area contributed by atoms with Crippen LogP contribution in [0.5, 0.6) is 0 Å². The number of fused-ring (bicyclic) bond motifs is 1. The largest absolute Gasteiger partial charge is 0.314 e. The van der Waals surface area contributed by atoms with Crippen LogP contribution in [0.4, 0.5) is 0 Å². The number of allylic oxidation sites excluding steroid dienone is 1. The molecule has 1 aliphatic carbocycles. The van der Waals surface area contributed by atoms with Crippen LogP contribution in [0.2, 0.25) is 0 Å². The highest BCUT2D eigenvalue weighted by atomic mass is 32.1. The smallest absolute Gasteiger partial charge is 0.274 e. The van der Waals surface area contributed by atoms with Crippen molar-refractivity contribution in [3.8, 4) is 11.8 Å². The first kappa shape index (κ1) is 14.5. The molecule has 4 heteroatoms. The summed E-state index contributed by atoms with van der Waals surface area (Å²) >= 11 is 1.12. The fraction of sp³-hybridized carbons (Fsp3) is 0.429. The van der Waals surface area contributed by atoms with Crippen LogP contribution in [0.1, 0.15) is 49.0 Å². The minimum atomic E-state index is -0.204. The second-order valence-electron chi connectivity index (χ2n) is 3.40. The Bertz CT molecular complexity index is 567. The van der Waals surface area contributed by atoms with Crippen LogP contribution in [0.15, 0.2) is 10.9 Å². The quantitative estimate of drug-likeness (QED) is 0.731. The van der Waals surface area contributed by atoms with Gasteiger partial charge in [-0.1, -0.05) is 50.0 Å². The SMILES string of the molecule is CC.CCC(=O)n1c2c(sc1=O)CC#CC/C=C\2. The first-order valence-electron chi connectivity index (χ1n) is 6.14. The molecule has 0 aromatic carbocycles. The summed E-state index contributed by atoms with van der Waals surface area (Å²) in [5.41, 5.74) is 0.718. The maximum Gasteiger partial charge on any atom is 0.314 e. The van der Waals surface area contributed by atoms with E-state index in [1.165, 1.54) is 4.57 Å². The van der Waals surface area contributed by atoms with Gasteiger partial charge < -0.3 is 0 Å². The maximum absolute atomic E-state index is 11.7. The fourth-order valence-corrected chi connectivity index (χ4v) is 2.47. The molecule has 3 nitrogen and oxygen atoms in total. The van der Waals surface area contributed by atoms with Crippen molar-refractivity contribution in [1.29, 1.82) is 0 Å². The zero-order valence-electron chi connectivity index (χ0n) is 10.9.